The van der Waals surface area contributed by atoms with E-state index in [2.05, 4.69) is 34.6 Å². The van der Waals surface area contributed by atoms with Crippen LogP contribution in [0.5, 0.6) is 0 Å². The third-order valence-electron chi connectivity index (χ3n) is 18.0. The highest BCUT2D eigenvalue weighted by Crippen LogP contribution is 2.45. The van der Waals surface area contributed by atoms with Crippen LogP contribution < -0.4 is 0 Å². The van der Waals surface area contributed by atoms with E-state index in [9.17, 15) is 43.2 Å². The number of aliphatic hydroxyl groups is 1. The quantitative estimate of drug-likeness (QED) is 0.0222. The van der Waals surface area contributed by atoms with Crippen molar-refractivity contribution in [1.82, 2.24) is 0 Å². The van der Waals surface area contributed by atoms with Crippen LogP contribution in [-0.4, -0.2) is 96.7 Å². The Morgan fingerprint density at radius 3 is 0.708 bits per heavy atom. The van der Waals surface area contributed by atoms with Gasteiger partial charge in [-0.3, -0.25) is 37.3 Å². The number of carbonyl (C=O) groups is 4. The van der Waals surface area contributed by atoms with Crippen LogP contribution in [0.3, 0.4) is 0 Å². The summed E-state index contributed by atoms with van der Waals surface area (Å²) in [7, 11) is -9.91. The number of phosphoric ester groups is 2. The van der Waals surface area contributed by atoms with E-state index in [1.807, 2.05) is 0 Å². The van der Waals surface area contributed by atoms with Crippen LogP contribution in [0.1, 0.15) is 407 Å². The average Bonchev–Trinajstić information content (AvgIpc) is 1.60. The van der Waals surface area contributed by atoms with Gasteiger partial charge in [-0.15, -0.1) is 0 Å². The van der Waals surface area contributed by atoms with Crippen LogP contribution in [-0.2, 0) is 65.4 Å². The van der Waals surface area contributed by atoms with Gasteiger partial charge in [0.25, 0.3) is 0 Å². The Morgan fingerprint density at radius 1 is 0.281 bits per heavy atom. The molecule has 96 heavy (non-hydrogen) atoms. The Morgan fingerprint density at radius 2 is 0.479 bits per heavy atom. The van der Waals surface area contributed by atoms with Crippen LogP contribution in [0.25, 0.3) is 0 Å². The number of phosphoric acid groups is 2. The van der Waals surface area contributed by atoms with Crippen molar-refractivity contribution in [2.75, 3.05) is 39.6 Å². The highest BCUT2D eigenvalue weighted by molar-refractivity contribution is 7.47. The molecule has 0 aliphatic carbocycles. The van der Waals surface area contributed by atoms with Gasteiger partial charge in [-0.25, -0.2) is 9.13 Å². The van der Waals surface area contributed by atoms with Gasteiger partial charge in [0.15, 0.2) is 12.2 Å². The summed E-state index contributed by atoms with van der Waals surface area (Å²) in [4.78, 5) is 72.7. The molecular weight excluding hydrogens is 1260 g/mol. The topological polar surface area (TPSA) is 237 Å². The van der Waals surface area contributed by atoms with Crippen LogP contribution in [0, 0.1) is 5.92 Å². The Bertz CT molecular complexity index is 1840. The predicted molar refractivity (Wildman–Crippen MR) is 391 cm³/mol. The summed E-state index contributed by atoms with van der Waals surface area (Å²) in [5, 5.41) is 10.6. The molecule has 0 aliphatic rings. The van der Waals surface area contributed by atoms with Gasteiger partial charge >= 0.3 is 39.5 Å². The molecule has 0 radical (unpaired) electrons. The first-order valence-electron chi connectivity index (χ1n) is 40.1. The SMILES string of the molecule is CCCCCCCCCCCCCCCCCCCCCCCC(=O)O[C@H](COC(=O)CCCCCCCCCCCCCCCC)COP(=O)(O)OC[C@@H](O)COP(=O)(O)OC[C@@H](COC(=O)CCCCCCCCCC)OC(=O)CCCCCCCCCCCCC(C)C. The number of hydrogen-bond acceptors (Lipinski definition) is 15. The summed E-state index contributed by atoms with van der Waals surface area (Å²) in [5.41, 5.74) is 0. The Hall–Kier alpha value is -1.94. The largest absolute Gasteiger partial charge is 0.472 e. The summed E-state index contributed by atoms with van der Waals surface area (Å²) in [6, 6.07) is 0. The molecule has 0 saturated heterocycles. The number of esters is 4. The van der Waals surface area contributed by atoms with E-state index in [4.69, 9.17) is 37.0 Å². The second kappa shape index (κ2) is 70.1. The molecule has 570 valence electrons. The zero-order valence-electron chi connectivity index (χ0n) is 62.5. The minimum absolute atomic E-state index is 0.106. The van der Waals surface area contributed by atoms with E-state index in [0.29, 0.717) is 25.7 Å². The number of unbranched alkanes of at least 4 members (excludes halogenated alkanes) is 49. The first-order valence-corrected chi connectivity index (χ1v) is 43.1. The van der Waals surface area contributed by atoms with Gasteiger partial charge in [0, 0.05) is 25.7 Å². The maximum atomic E-state index is 13.1. The Labute approximate surface area is 588 Å². The van der Waals surface area contributed by atoms with Crippen molar-refractivity contribution in [3.05, 3.63) is 0 Å². The fourth-order valence-electron chi connectivity index (χ4n) is 11.9. The highest BCUT2D eigenvalue weighted by Gasteiger charge is 2.30. The zero-order valence-corrected chi connectivity index (χ0v) is 64.3. The van der Waals surface area contributed by atoms with Crippen molar-refractivity contribution in [2.24, 2.45) is 5.92 Å². The molecule has 2 unspecified atom stereocenters. The molecule has 0 fully saturated rings. The predicted octanol–water partition coefficient (Wildman–Crippen LogP) is 22.9. The first kappa shape index (κ1) is 94.1. The molecule has 19 heteroatoms. The summed E-state index contributed by atoms with van der Waals surface area (Å²) in [6.07, 6.45) is 59.8. The van der Waals surface area contributed by atoms with Crippen molar-refractivity contribution < 1.29 is 80.2 Å². The molecule has 0 heterocycles. The lowest BCUT2D eigenvalue weighted by atomic mass is 10.0. The fourth-order valence-corrected chi connectivity index (χ4v) is 13.5. The number of ether oxygens (including phenoxy) is 4. The lowest BCUT2D eigenvalue weighted by Crippen LogP contribution is -2.30. The molecule has 3 N–H and O–H groups in total. The number of rotatable bonds is 77. The summed E-state index contributed by atoms with van der Waals surface area (Å²) >= 11 is 0. The lowest BCUT2D eigenvalue weighted by Gasteiger charge is -2.21. The van der Waals surface area contributed by atoms with Gasteiger partial charge in [0.05, 0.1) is 26.4 Å². The molecular formula is C77H150O17P2. The normalized spacial score (nSPS) is 13.9. The molecule has 0 spiro atoms. The van der Waals surface area contributed by atoms with Crippen molar-refractivity contribution in [1.29, 1.82) is 0 Å². The van der Waals surface area contributed by atoms with Gasteiger partial charge in [-0.1, -0.05) is 356 Å². The standard InChI is InChI=1S/C77H150O17P2/c1-6-9-12-15-18-21-23-25-27-28-29-30-31-32-33-35-37-42-47-52-57-62-76(81)94-73(67-88-75(80)61-56-51-46-41-36-34-26-24-22-19-16-13-10-7-2)69-92-96(85,86)90-65-71(78)64-89-95(83,84)91-68-72(66-87-74(79)60-55-50-45-20-17-14-11-8-3)93-77(82)63-58-53-48-43-39-38-40-44-49-54-59-70(4)5/h70-73,78H,6-69H2,1-5H3,(H,83,84)(H,85,86)/t71-,72+,73+/m0/s1. The van der Waals surface area contributed by atoms with Gasteiger partial charge < -0.3 is 33.8 Å². The molecule has 0 rings (SSSR count). The zero-order chi connectivity index (χ0) is 70.5. The second-order valence-electron chi connectivity index (χ2n) is 28.2. The van der Waals surface area contributed by atoms with Crippen LogP contribution >= 0.6 is 15.6 Å². The molecule has 0 aliphatic heterocycles. The summed E-state index contributed by atoms with van der Waals surface area (Å²) in [5.74, 6) is -1.36. The number of aliphatic hydroxyl groups excluding tert-OH is 1. The molecule has 0 aromatic rings. The summed E-state index contributed by atoms with van der Waals surface area (Å²) < 4.78 is 68.5. The number of hydrogen-bond donors (Lipinski definition) is 3. The molecule has 0 saturated carbocycles. The average molecular weight is 1410 g/mol. The van der Waals surface area contributed by atoms with E-state index in [0.717, 1.165) is 102 Å². The van der Waals surface area contributed by atoms with Crippen molar-refractivity contribution >= 4 is 39.5 Å². The second-order valence-corrected chi connectivity index (χ2v) is 31.1. The van der Waals surface area contributed by atoms with Crippen molar-refractivity contribution in [3.63, 3.8) is 0 Å². The summed E-state index contributed by atoms with van der Waals surface area (Å²) in [6.45, 7) is 7.26. The van der Waals surface area contributed by atoms with Gasteiger partial charge in [-0.2, -0.15) is 0 Å². The maximum Gasteiger partial charge on any atom is 0.472 e. The molecule has 17 nitrogen and oxygen atoms in total. The van der Waals surface area contributed by atoms with Gasteiger partial charge in [0.2, 0.25) is 0 Å². The molecule has 5 atom stereocenters. The third kappa shape index (κ3) is 70.5. The first-order chi connectivity index (χ1) is 46.5. The van der Waals surface area contributed by atoms with Crippen molar-refractivity contribution in [2.45, 2.75) is 425 Å². The monoisotopic (exact) mass is 1410 g/mol. The van der Waals surface area contributed by atoms with Gasteiger partial charge in [0.1, 0.15) is 19.3 Å². The fraction of sp³-hybridized carbons (Fsp3) is 0.948. The van der Waals surface area contributed by atoms with Gasteiger partial charge in [-0.05, 0) is 31.6 Å². The van der Waals surface area contributed by atoms with E-state index in [1.165, 1.54) is 225 Å². The van der Waals surface area contributed by atoms with E-state index in [1.54, 1.807) is 0 Å². The van der Waals surface area contributed by atoms with Crippen LogP contribution in [0.2, 0.25) is 0 Å². The lowest BCUT2D eigenvalue weighted by molar-refractivity contribution is -0.161. The Balaban J connectivity index is 5.18. The molecule has 0 aromatic carbocycles. The smallest absolute Gasteiger partial charge is 0.462 e. The minimum atomic E-state index is -4.96. The van der Waals surface area contributed by atoms with Crippen LogP contribution in [0.4, 0.5) is 0 Å². The molecule has 0 amide bonds. The van der Waals surface area contributed by atoms with E-state index >= 15 is 0 Å². The minimum Gasteiger partial charge on any atom is -0.462 e. The maximum absolute atomic E-state index is 13.1. The Kier molecular flexibility index (Phi) is 68.7. The van der Waals surface area contributed by atoms with Crippen LogP contribution in [0.15, 0.2) is 0 Å². The van der Waals surface area contributed by atoms with Crippen molar-refractivity contribution in [3.8, 4) is 0 Å². The molecule has 0 aromatic heterocycles. The van der Waals surface area contributed by atoms with E-state index in [-0.39, 0.29) is 25.7 Å². The highest BCUT2D eigenvalue weighted by atomic mass is 31.2. The third-order valence-corrected chi connectivity index (χ3v) is 19.9. The molecule has 0 bridgehead atoms. The number of carbonyl (C=O) groups excluding carboxylic acids is 4. The van der Waals surface area contributed by atoms with E-state index < -0.39 is 97.5 Å².